The van der Waals surface area contributed by atoms with E-state index in [0.29, 0.717) is 0 Å². The molecular formula is C15H13NO2. The fourth-order valence-electron chi connectivity index (χ4n) is 2.64. The number of amides is 1. The molecular weight excluding hydrogens is 226 g/mol. The summed E-state index contributed by atoms with van der Waals surface area (Å²) in [4.78, 5) is 25.4. The van der Waals surface area contributed by atoms with Crippen LogP contribution in [0.15, 0.2) is 42.5 Å². The van der Waals surface area contributed by atoms with Crippen LogP contribution in [0.4, 0.5) is 5.69 Å². The molecule has 0 radical (unpaired) electrons. The van der Waals surface area contributed by atoms with Crippen molar-refractivity contribution < 1.29 is 9.59 Å². The third-order valence-corrected chi connectivity index (χ3v) is 3.64. The zero-order valence-corrected chi connectivity index (χ0v) is 10.3. The quantitative estimate of drug-likeness (QED) is 0.693. The van der Waals surface area contributed by atoms with Gasteiger partial charge in [-0.3, -0.25) is 9.59 Å². The van der Waals surface area contributed by atoms with E-state index in [0.717, 1.165) is 16.8 Å². The number of ketones is 1. The van der Waals surface area contributed by atoms with E-state index in [2.05, 4.69) is 0 Å². The first-order valence-corrected chi connectivity index (χ1v) is 5.86. The lowest BCUT2D eigenvalue weighted by atomic mass is 9.78. The Morgan fingerprint density at radius 3 is 2.44 bits per heavy atom. The van der Waals surface area contributed by atoms with Crippen LogP contribution >= 0.6 is 0 Å². The molecule has 1 amide bonds. The number of likely N-dealkylation sites (N-methyl/N-ethyl adjacent to an activating group) is 1. The van der Waals surface area contributed by atoms with E-state index in [-0.39, 0.29) is 11.7 Å². The van der Waals surface area contributed by atoms with Gasteiger partial charge in [0, 0.05) is 12.7 Å². The fourth-order valence-corrected chi connectivity index (χ4v) is 2.64. The van der Waals surface area contributed by atoms with Gasteiger partial charge in [0.15, 0.2) is 5.78 Å². The second-order valence-electron chi connectivity index (χ2n) is 4.82. The van der Waals surface area contributed by atoms with Crippen molar-refractivity contribution in [2.75, 3.05) is 11.9 Å². The van der Waals surface area contributed by atoms with Crippen molar-refractivity contribution in [3.63, 3.8) is 0 Å². The molecule has 1 heterocycles. The average molecular weight is 239 g/mol. The highest BCUT2D eigenvalue weighted by Crippen LogP contribution is 2.44. The molecule has 0 bridgehead atoms. The van der Waals surface area contributed by atoms with Crippen LogP contribution in [0, 0.1) is 6.92 Å². The Bertz CT molecular complexity index is 609. The summed E-state index contributed by atoms with van der Waals surface area (Å²) in [5, 5.41) is 0. The van der Waals surface area contributed by atoms with Crippen LogP contribution in [0.3, 0.4) is 0 Å². The highest BCUT2D eigenvalue weighted by Gasteiger charge is 2.47. The van der Waals surface area contributed by atoms with E-state index in [1.807, 2.05) is 25.1 Å². The van der Waals surface area contributed by atoms with E-state index < -0.39 is 5.41 Å². The topological polar surface area (TPSA) is 37.4 Å². The van der Waals surface area contributed by atoms with Crippen LogP contribution < -0.4 is 4.90 Å². The van der Waals surface area contributed by atoms with Gasteiger partial charge < -0.3 is 4.90 Å². The maximum absolute atomic E-state index is 12.5. The number of benzene rings is 1. The third kappa shape index (κ3) is 1.24. The van der Waals surface area contributed by atoms with E-state index in [1.54, 1.807) is 24.1 Å². The van der Waals surface area contributed by atoms with Crippen LogP contribution in [-0.4, -0.2) is 18.7 Å². The summed E-state index contributed by atoms with van der Waals surface area (Å²) in [6.45, 7) is 2.00. The van der Waals surface area contributed by atoms with Gasteiger partial charge in [-0.15, -0.1) is 0 Å². The predicted molar refractivity (Wildman–Crippen MR) is 69.6 cm³/mol. The second kappa shape index (κ2) is 3.42. The summed E-state index contributed by atoms with van der Waals surface area (Å²) in [7, 11) is 1.77. The molecule has 3 rings (SSSR count). The lowest BCUT2D eigenvalue weighted by molar-refractivity contribution is -0.120. The standard InChI is InChI=1S/C15H13NO2/c1-10-3-4-13-12(9-10)15(14(18)16(13)2)7-5-11(17)6-8-15/h3-9H,1-2H3. The molecule has 18 heavy (non-hydrogen) atoms. The molecule has 1 aliphatic carbocycles. The van der Waals surface area contributed by atoms with Crippen molar-refractivity contribution in [3.8, 4) is 0 Å². The highest BCUT2D eigenvalue weighted by molar-refractivity contribution is 6.14. The number of aryl methyl sites for hydroxylation is 1. The smallest absolute Gasteiger partial charge is 0.245 e. The minimum absolute atomic E-state index is 0.0110. The number of fused-ring (bicyclic) bond motifs is 2. The van der Waals surface area contributed by atoms with Crippen molar-refractivity contribution in [2.45, 2.75) is 12.3 Å². The van der Waals surface area contributed by atoms with Crippen LogP contribution in [0.5, 0.6) is 0 Å². The van der Waals surface area contributed by atoms with Crippen LogP contribution in [0.1, 0.15) is 11.1 Å². The number of carbonyl (C=O) groups is 2. The van der Waals surface area contributed by atoms with Crippen molar-refractivity contribution in [1.82, 2.24) is 0 Å². The zero-order chi connectivity index (χ0) is 12.9. The van der Waals surface area contributed by atoms with E-state index in [9.17, 15) is 9.59 Å². The van der Waals surface area contributed by atoms with Crippen LogP contribution in [-0.2, 0) is 15.0 Å². The first-order valence-electron chi connectivity index (χ1n) is 5.86. The first-order chi connectivity index (χ1) is 8.54. The van der Waals surface area contributed by atoms with Gasteiger partial charge in [-0.25, -0.2) is 0 Å². The Morgan fingerprint density at radius 2 is 1.78 bits per heavy atom. The van der Waals surface area contributed by atoms with Crippen molar-refractivity contribution in [3.05, 3.63) is 53.6 Å². The molecule has 0 atom stereocenters. The number of rotatable bonds is 0. The highest BCUT2D eigenvalue weighted by atomic mass is 16.2. The molecule has 0 N–H and O–H groups in total. The number of carbonyl (C=O) groups excluding carboxylic acids is 2. The Morgan fingerprint density at radius 1 is 1.11 bits per heavy atom. The second-order valence-corrected chi connectivity index (χ2v) is 4.82. The maximum Gasteiger partial charge on any atom is 0.245 e. The number of anilines is 1. The Hall–Kier alpha value is -2.16. The van der Waals surface area contributed by atoms with Gasteiger partial charge >= 0.3 is 0 Å². The van der Waals surface area contributed by atoms with Crippen LogP contribution in [0.25, 0.3) is 0 Å². The van der Waals surface area contributed by atoms with E-state index >= 15 is 0 Å². The Labute approximate surface area is 105 Å². The van der Waals surface area contributed by atoms with Gasteiger partial charge in [0.05, 0.1) is 0 Å². The number of hydrogen-bond donors (Lipinski definition) is 0. The van der Waals surface area contributed by atoms with Crippen molar-refractivity contribution in [2.24, 2.45) is 0 Å². The normalized spacial score (nSPS) is 19.8. The Balaban J connectivity index is 2.27. The molecule has 1 aliphatic heterocycles. The van der Waals surface area contributed by atoms with Gasteiger partial charge in [0.2, 0.25) is 5.91 Å². The average Bonchev–Trinajstić information content (AvgIpc) is 2.56. The third-order valence-electron chi connectivity index (χ3n) is 3.64. The summed E-state index contributed by atoms with van der Waals surface area (Å²) in [6, 6.07) is 5.96. The summed E-state index contributed by atoms with van der Waals surface area (Å²) in [5.74, 6) is -0.0831. The summed E-state index contributed by atoms with van der Waals surface area (Å²) < 4.78 is 0. The fraction of sp³-hybridized carbons (Fsp3) is 0.200. The first kappa shape index (κ1) is 11.0. The number of allylic oxidation sites excluding steroid dienone is 2. The molecule has 3 nitrogen and oxygen atoms in total. The lowest BCUT2D eigenvalue weighted by Gasteiger charge is -2.22. The van der Waals surface area contributed by atoms with Gasteiger partial charge in [-0.2, -0.15) is 0 Å². The van der Waals surface area contributed by atoms with Gasteiger partial charge in [-0.1, -0.05) is 29.8 Å². The summed E-state index contributed by atoms with van der Waals surface area (Å²) in [6.07, 6.45) is 6.37. The molecule has 2 aliphatic rings. The largest absolute Gasteiger partial charge is 0.314 e. The summed E-state index contributed by atoms with van der Waals surface area (Å²) >= 11 is 0. The van der Waals surface area contributed by atoms with Gasteiger partial charge in [0.25, 0.3) is 0 Å². The monoisotopic (exact) mass is 239 g/mol. The van der Waals surface area contributed by atoms with Crippen molar-refractivity contribution >= 4 is 17.4 Å². The minimum atomic E-state index is -0.788. The van der Waals surface area contributed by atoms with Gasteiger partial charge in [0.1, 0.15) is 5.41 Å². The lowest BCUT2D eigenvalue weighted by Crippen LogP contribution is -2.36. The molecule has 0 unspecified atom stereocenters. The molecule has 0 fully saturated rings. The van der Waals surface area contributed by atoms with E-state index in [4.69, 9.17) is 0 Å². The molecule has 1 aromatic carbocycles. The van der Waals surface area contributed by atoms with Crippen molar-refractivity contribution in [1.29, 1.82) is 0 Å². The minimum Gasteiger partial charge on any atom is -0.314 e. The molecule has 90 valence electrons. The van der Waals surface area contributed by atoms with E-state index in [1.165, 1.54) is 12.2 Å². The molecule has 1 aromatic rings. The maximum atomic E-state index is 12.5. The molecule has 3 heteroatoms. The zero-order valence-electron chi connectivity index (χ0n) is 10.3. The molecule has 0 aromatic heterocycles. The number of hydrogen-bond acceptors (Lipinski definition) is 2. The summed E-state index contributed by atoms with van der Waals surface area (Å²) in [5.41, 5.74) is 2.18. The Kier molecular flexibility index (Phi) is 2.08. The molecule has 0 saturated heterocycles. The SMILES string of the molecule is Cc1ccc2c(c1)C1(C=CC(=O)C=C1)C(=O)N2C. The molecule has 0 saturated carbocycles. The molecule has 1 spiro atoms. The number of nitrogens with zero attached hydrogens (tertiary/aromatic N) is 1. The van der Waals surface area contributed by atoms with Gasteiger partial charge in [-0.05, 0) is 30.7 Å². The van der Waals surface area contributed by atoms with Crippen LogP contribution in [0.2, 0.25) is 0 Å². The predicted octanol–water partition coefficient (Wildman–Crippen LogP) is 1.90.